The van der Waals surface area contributed by atoms with Crippen LogP contribution in [0.15, 0.2) is 48.5 Å². The molecule has 2 heterocycles. The maximum absolute atomic E-state index is 12.9. The Kier molecular flexibility index (Phi) is 5.34. The van der Waals surface area contributed by atoms with Gasteiger partial charge in [-0.3, -0.25) is 9.59 Å². The molecule has 29 heavy (non-hydrogen) atoms. The summed E-state index contributed by atoms with van der Waals surface area (Å²) in [6.07, 6.45) is 1.44. The van der Waals surface area contributed by atoms with E-state index in [0.29, 0.717) is 31.5 Å². The Morgan fingerprint density at radius 2 is 1.97 bits per heavy atom. The smallest absolute Gasteiger partial charge is 0.303 e. The Labute approximate surface area is 169 Å². The Bertz CT molecular complexity index is 1030. The SMILES string of the molecule is Cc1ccc2nc(CC3CN(C(=O)c4ccccc4)CCC3CC(=O)O)[nH]c2c1. The average molecular weight is 391 g/mol. The van der Waals surface area contributed by atoms with E-state index in [1.165, 1.54) is 0 Å². The van der Waals surface area contributed by atoms with Crippen molar-refractivity contribution in [1.82, 2.24) is 14.9 Å². The third-order valence-corrected chi connectivity index (χ3v) is 5.78. The molecule has 3 aromatic rings. The highest BCUT2D eigenvalue weighted by Gasteiger charge is 2.33. The zero-order valence-electron chi connectivity index (χ0n) is 16.5. The lowest BCUT2D eigenvalue weighted by molar-refractivity contribution is -0.139. The molecule has 0 spiro atoms. The van der Waals surface area contributed by atoms with Crippen molar-refractivity contribution in [1.29, 1.82) is 0 Å². The monoisotopic (exact) mass is 391 g/mol. The van der Waals surface area contributed by atoms with Crippen LogP contribution >= 0.6 is 0 Å². The van der Waals surface area contributed by atoms with Crippen LogP contribution in [0.5, 0.6) is 0 Å². The molecule has 2 N–H and O–H groups in total. The largest absolute Gasteiger partial charge is 0.481 e. The van der Waals surface area contributed by atoms with Gasteiger partial charge in [0.15, 0.2) is 0 Å². The van der Waals surface area contributed by atoms with Gasteiger partial charge in [-0.05, 0) is 55.0 Å². The number of aryl methyl sites for hydroxylation is 1. The number of H-pyrrole nitrogens is 1. The summed E-state index contributed by atoms with van der Waals surface area (Å²) < 4.78 is 0. The molecule has 4 rings (SSSR count). The zero-order valence-corrected chi connectivity index (χ0v) is 16.5. The fourth-order valence-corrected chi connectivity index (χ4v) is 4.27. The van der Waals surface area contributed by atoms with Crippen molar-refractivity contribution in [3.05, 3.63) is 65.5 Å². The first-order chi connectivity index (χ1) is 14.0. The Morgan fingerprint density at radius 3 is 2.72 bits per heavy atom. The van der Waals surface area contributed by atoms with Crippen molar-refractivity contribution in [2.45, 2.75) is 26.2 Å². The van der Waals surface area contributed by atoms with Gasteiger partial charge in [-0.25, -0.2) is 4.98 Å². The van der Waals surface area contributed by atoms with Crippen LogP contribution in [0.25, 0.3) is 11.0 Å². The molecule has 1 fully saturated rings. The summed E-state index contributed by atoms with van der Waals surface area (Å²) in [4.78, 5) is 34.2. The van der Waals surface area contributed by atoms with E-state index in [9.17, 15) is 14.7 Å². The highest BCUT2D eigenvalue weighted by molar-refractivity contribution is 5.94. The highest BCUT2D eigenvalue weighted by Crippen LogP contribution is 2.30. The minimum Gasteiger partial charge on any atom is -0.481 e. The number of amides is 1. The molecule has 150 valence electrons. The first-order valence-electron chi connectivity index (χ1n) is 10.0. The van der Waals surface area contributed by atoms with Gasteiger partial charge >= 0.3 is 5.97 Å². The second-order valence-electron chi connectivity index (χ2n) is 7.93. The number of aliphatic carboxylic acids is 1. The fourth-order valence-electron chi connectivity index (χ4n) is 4.27. The molecular weight excluding hydrogens is 366 g/mol. The summed E-state index contributed by atoms with van der Waals surface area (Å²) in [5.74, 6) is 0.143. The van der Waals surface area contributed by atoms with E-state index in [-0.39, 0.29) is 24.2 Å². The second-order valence-corrected chi connectivity index (χ2v) is 7.93. The number of likely N-dealkylation sites (tertiary alicyclic amines) is 1. The maximum Gasteiger partial charge on any atom is 0.303 e. The van der Waals surface area contributed by atoms with Crippen LogP contribution in [0, 0.1) is 18.8 Å². The van der Waals surface area contributed by atoms with Crippen molar-refractivity contribution in [3.8, 4) is 0 Å². The molecule has 1 aliphatic rings. The summed E-state index contributed by atoms with van der Waals surface area (Å²) in [6, 6.07) is 15.3. The van der Waals surface area contributed by atoms with Gasteiger partial charge in [-0.1, -0.05) is 24.3 Å². The molecule has 0 saturated carbocycles. The van der Waals surface area contributed by atoms with E-state index in [2.05, 4.69) is 16.0 Å². The van der Waals surface area contributed by atoms with E-state index in [4.69, 9.17) is 0 Å². The highest BCUT2D eigenvalue weighted by atomic mass is 16.4. The van der Waals surface area contributed by atoms with Crippen LogP contribution < -0.4 is 0 Å². The molecule has 1 aliphatic heterocycles. The van der Waals surface area contributed by atoms with Crippen LogP contribution in [0.3, 0.4) is 0 Å². The lowest BCUT2D eigenvalue weighted by Crippen LogP contribution is -2.45. The number of hydrogen-bond acceptors (Lipinski definition) is 3. The van der Waals surface area contributed by atoms with Gasteiger partial charge in [0.05, 0.1) is 11.0 Å². The van der Waals surface area contributed by atoms with Gasteiger partial charge in [-0.15, -0.1) is 0 Å². The minimum atomic E-state index is -0.789. The summed E-state index contributed by atoms with van der Waals surface area (Å²) in [5, 5.41) is 9.34. The second kappa shape index (κ2) is 8.07. The minimum absolute atomic E-state index is 0.00426. The van der Waals surface area contributed by atoms with Crippen LogP contribution in [-0.2, 0) is 11.2 Å². The van der Waals surface area contributed by atoms with E-state index in [1.54, 1.807) is 0 Å². The van der Waals surface area contributed by atoms with Gasteiger partial charge in [0, 0.05) is 31.5 Å². The first kappa shape index (κ1) is 19.2. The van der Waals surface area contributed by atoms with Crippen molar-refractivity contribution in [2.75, 3.05) is 13.1 Å². The number of aromatic nitrogens is 2. The maximum atomic E-state index is 12.9. The van der Waals surface area contributed by atoms with E-state index < -0.39 is 5.97 Å². The quantitative estimate of drug-likeness (QED) is 0.695. The number of fused-ring (bicyclic) bond motifs is 1. The van der Waals surface area contributed by atoms with Crippen molar-refractivity contribution in [3.63, 3.8) is 0 Å². The molecule has 0 radical (unpaired) electrons. The predicted molar refractivity (Wildman–Crippen MR) is 111 cm³/mol. The lowest BCUT2D eigenvalue weighted by atomic mass is 9.81. The zero-order chi connectivity index (χ0) is 20.4. The van der Waals surface area contributed by atoms with Crippen molar-refractivity contribution >= 4 is 22.9 Å². The Balaban J connectivity index is 1.55. The number of carbonyl (C=O) groups is 2. The van der Waals surface area contributed by atoms with E-state index >= 15 is 0 Å². The normalized spacial score (nSPS) is 19.4. The van der Waals surface area contributed by atoms with Crippen LogP contribution in [0.1, 0.15) is 34.6 Å². The molecule has 1 amide bonds. The molecular formula is C23H25N3O3. The van der Waals surface area contributed by atoms with Crippen LogP contribution in [0.4, 0.5) is 0 Å². The fraction of sp³-hybridized carbons (Fsp3) is 0.348. The number of rotatable bonds is 5. The van der Waals surface area contributed by atoms with Gasteiger partial charge in [0.1, 0.15) is 5.82 Å². The summed E-state index contributed by atoms with van der Waals surface area (Å²) in [7, 11) is 0. The molecule has 2 unspecified atom stereocenters. The number of nitrogens with one attached hydrogen (secondary N) is 1. The third-order valence-electron chi connectivity index (χ3n) is 5.78. The van der Waals surface area contributed by atoms with E-state index in [0.717, 1.165) is 22.4 Å². The number of imidazole rings is 1. The number of hydrogen-bond donors (Lipinski definition) is 2. The summed E-state index contributed by atoms with van der Waals surface area (Å²) in [6.45, 7) is 3.17. The molecule has 0 aliphatic carbocycles. The summed E-state index contributed by atoms with van der Waals surface area (Å²) in [5.41, 5.74) is 3.73. The topological polar surface area (TPSA) is 86.3 Å². The standard InChI is InChI=1S/C23H25N3O3/c1-15-7-8-19-20(11-15)25-21(24-19)12-18-14-26(10-9-17(18)13-22(27)28)23(29)16-5-3-2-4-6-16/h2-8,11,17-18H,9-10,12-14H2,1H3,(H,24,25)(H,27,28). The number of aromatic amines is 1. The Morgan fingerprint density at radius 1 is 1.17 bits per heavy atom. The van der Waals surface area contributed by atoms with Crippen molar-refractivity contribution < 1.29 is 14.7 Å². The number of benzene rings is 2. The molecule has 0 bridgehead atoms. The molecule has 6 heteroatoms. The van der Waals surface area contributed by atoms with Gasteiger partial charge in [0.2, 0.25) is 0 Å². The third kappa shape index (κ3) is 4.31. The van der Waals surface area contributed by atoms with Gasteiger partial charge in [-0.2, -0.15) is 0 Å². The Hall–Kier alpha value is -3.15. The lowest BCUT2D eigenvalue weighted by Gasteiger charge is -2.38. The first-order valence-corrected chi connectivity index (χ1v) is 10.0. The molecule has 6 nitrogen and oxygen atoms in total. The molecule has 1 saturated heterocycles. The van der Waals surface area contributed by atoms with Crippen LogP contribution in [0.2, 0.25) is 0 Å². The molecule has 2 aromatic carbocycles. The number of carbonyl (C=O) groups excluding carboxylic acids is 1. The van der Waals surface area contributed by atoms with Crippen LogP contribution in [-0.4, -0.2) is 44.9 Å². The average Bonchev–Trinajstić information content (AvgIpc) is 3.10. The number of carboxylic acids is 1. The van der Waals surface area contributed by atoms with Gasteiger partial charge in [0.25, 0.3) is 5.91 Å². The number of piperidine rings is 1. The summed E-state index contributed by atoms with van der Waals surface area (Å²) >= 11 is 0. The molecule has 1 aromatic heterocycles. The predicted octanol–water partition coefficient (Wildman–Crippen LogP) is 3.67. The van der Waals surface area contributed by atoms with E-state index in [1.807, 2.05) is 54.3 Å². The molecule has 2 atom stereocenters. The number of carboxylic acid groups (broad SMARTS) is 1. The van der Waals surface area contributed by atoms with Gasteiger partial charge < -0.3 is 15.0 Å². The van der Waals surface area contributed by atoms with Crippen molar-refractivity contribution in [2.24, 2.45) is 11.8 Å². The number of nitrogens with zero attached hydrogens (tertiary/aromatic N) is 2.